The van der Waals surface area contributed by atoms with Gasteiger partial charge in [0.1, 0.15) is 23.5 Å². The van der Waals surface area contributed by atoms with Gasteiger partial charge in [0.2, 0.25) is 5.91 Å². The molecule has 0 aliphatic rings. The van der Waals surface area contributed by atoms with Crippen molar-refractivity contribution in [2.45, 2.75) is 20.0 Å². The smallest absolute Gasteiger partial charge is 0.272 e. The summed E-state index contributed by atoms with van der Waals surface area (Å²) in [4.78, 5) is 23.8. The van der Waals surface area contributed by atoms with Crippen molar-refractivity contribution in [3.8, 4) is 12.1 Å². The van der Waals surface area contributed by atoms with Crippen molar-refractivity contribution in [2.24, 2.45) is 10.2 Å². The molecule has 0 radical (unpaired) electrons. The first-order valence-corrected chi connectivity index (χ1v) is 9.73. The number of nitro groups is 1. The van der Waals surface area contributed by atoms with Crippen LogP contribution in [0.4, 0.5) is 28.4 Å². The van der Waals surface area contributed by atoms with Gasteiger partial charge in [0.25, 0.3) is 5.69 Å². The molecule has 2 aromatic rings. The number of anilines is 2. The lowest BCUT2D eigenvalue weighted by Gasteiger charge is -2.26. The van der Waals surface area contributed by atoms with E-state index in [9.17, 15) is 30.5 Å². The number of rotatable bonds is 9. The van der Waals surface area contributed by atoms with Crippen molar-refractivity contribution in [1.82, 2.24) is 0 Å². The van der Waals surface area contributed by atoms with E-state index < -0.39 is 23.3 Å². The van der Waals surface area contributed by atoms with E-state index in [4.69, 9.17) is 5.11 Å². The molecule has 0 fully saturated rings. The van der Waals surface area contributed by atoms with Gasteiger partial charge in [-0.25, -0.2) is 0 Å². The second kappa shape index (κ2) is 11.3. The number of likely N-dealkylation sites (N-methyl/N-ethyl adjacent to an activating group) is 1. The summed E-state index contributed by atoms with van der Waals surface area (Å²) in [5.41, 5.74) is 0.173. The summed E-state index contributed by atoms with van der Waals surface area (Å²) in [7, 11) is 0. The molecule has 0 aliphatic heterocycles. The molecule has 0 aliphatic carbocycles. The Bertz CT molecular complexity index is 1130. The van der Waals surface area contributed by atoms with E-state index in [1.54, 1.807) is 35.2 Å². The van der Waals surface area contributed by atoms with Crippen LogP contribution in [-0.2, 0) is 4.79 Å². The molecule has 0 unspecified atom stereocenters. The number of azo groups is 1. The third kappa shape index (κ3) is 6.30. The van der Waals surface area contributed by atoms with Crippen molar-refractivity contribution < 1.29 is 19.9 Å². The molecule has 2 aromatic carbocycles. The number of carbonyl (C=O) groups is 1. The third-order valence-electron chi connectivity index (χ3n) is 4.48. The fraction of sp³-hybridized carbons (Fsp3) is 0.286. The normalized spacial score (nSPS) is 11.5. The van der Waals surface area contributed by atoms with Crippen LogP contribution in [0.15, 0.2) is 40.6 Å². The van der Waals surface area contributed by atoms with Crippen molar-refractivity contribution in [3.05, 3.63) is 51.6 Å². The average Bonchev–Trinajstić information content (AvgIpc) is 2.80. The van der Waals surface area contributed by atoms with Gasteiger partial charge < -0.3 is 20.4 Å². The summed E-state index contributed by atoms with van der Waals surface area (Å²) >= 11 is 0. The number of benzene rings is 2. The molecular formula is C21H21N7O5. The van der Waals surface area contributed by atoms with Crippen LogP contribution in [0.5, 0.6) is 0 Å². The van der Waals surface area contributed by atoms with Crippen LogP contribution in [0, 0.1) is 32.8 Å². The molecule has 170 valence electrons. The van der Waals surface area contributed by atoms with Crippen molar-refractivity contribution in [3.63, 3.8) is 0 Å². The molecule has 1 amide bonds. The number of carbonyl (C=O) groups excluding carboxylic acids is 1. The van der Waals surface area contributed by atoms with E-state index in [1.165, 1.54) is 6.92 Å². The van der Waals surface area contributed by atoms with E-state index in [1.807, 2.05) is 6.92 Å². The van der Waals surface area contributed by atoms with Crippen LogP contribution in [-0.4, -0.2) is 46.8 Å². The number of amides is 1. The lowest BCUT2D eigenvalue weighted by molar-refractivity contribution is -0.384. The van der Waals surface area contributed by atoms with Crippen LogP contribution in [0.1, 0.15) is 25.0 Å². The molecule has 3 N–H and O–H groups in total. The van der Waals surface area contributed by atoms with Crippen LogP contribution < -0.4 is 10.2 Å². The van der Waals surface area contributed by atoms with Gasteiger partial charge in [-0.05, 0) is 25.1 Å². The monoisotopic (exact) mass is 451 g/mol. The molecule has 0 saturated carbocycles. The number of aliphatic hydroxyl groups excluding tert-OH is 2. The average molecular weight is 451 g/mol. The zero-order valence-electron chi connectivity index (χ0n) is 17.9. The predicted octanol–water partition coefficient (Wildman–Crippen LogP) is 2.89. The summed E-state index contributed by atoms with van der Waals surface area (Å²) in [6.07, 6.45) is -0.954. The van der Waals surface area contributed by atoms with Crippen LogP contribution in [0.25, 0.3) is 0 Å². The van der Waals surface area contributed by atoms with Gasteiger partial charge in [0.05, 0.1) is 34.4 Å². The summed E-state index contributed by atoms with van der Waals surface area (Å²) in [6, 6.07) is 10.4. The number of nitriles is 2. The zero-order valence-corrected chi connectivity index (χ0v) is 17.9. The minimum Gasteiger partial charge on any atom is -0.394 e. The Morgan fingerprint density at radius 2 is 1.88 bits per heavy atom. The first-order valence-electron chi connectivity index (χ1n) is 9.73. The zero-order chi connectivity index (χ0) is 24.5. The van der Waals surface area contributed by atoms with Gasteiger partial charge in [-0.1, -0.05) is 0 Å². The van der Waals surface area contributed by atoms with Gasteiger partial charge in [0, 0.05) is 37.8 Å². The Balaban J connectivity index is 2.53. The second-order valence-electron chi connectivity index (χ2n) is 6.83. The minimum atomic E-state index is -0.954. The Morgan fingerprint density at radius 3 is 2.36 bits per heavy atom. The van der Waals surface area contributed by atoms with Crippen LogP contribution >= 0.6 is 0 Å². The van der Waals surface area contributed by atoms with Crippen LogP contribution in [0.3, 0.4) is 0 Å². The summed E-state index contributed by atoms with van der Waals surface area (Å²) < 4.78 is 0. The molecule has 1 atom stereocenters. The topological polar surface area (TPSA) is 188 Å². The molecule has 12 heteroatoms. The van der Waals surface area contributed by atoms with Crippen molar-refractivity contribution >= 4 is 34.3 Å². The highest BCUT2D eigenvalue weighted by molar-refractivity contribution is 5.93. The molecular weight excluding hydrogens is 430 g/mol. The first kappa shape index (κ1) is 24.9. The number of hydrogen-bond donors (Lipinski definition) is 3. The largest absolute Gasteiger partial charge is 0.394 e. The Kier molecular flexibility index (Phi) is 8.51. The Morgan fingerprint density at radius 1 is 1.24 bits per heavy atom. The molecule has 2 rings (SSSR count). The summed E-state index contributed by atoms with van der Waals surface area (Å²) in [5.74, 6) is -0.382. The van der Waals surface area contributed by atoms with Gasteiger partial charge in [-0.3, -0.25) is 14.9 Å². The number of non-ortho nitro benzene ring substituents is 1. The predicted molar refractivity (Wildman–Crippen MR) is 118 cm³/mol. The number of nitro benzene ring substituents is 1. The van der Waals surface area contributed by atoms with Gasteiger partial charge in [-0.2, -0.15) is 10.5 Å². The summed E-state index contributed by atoms with van der Waals surface area (Å²) in [6.45, 7) is 3.43. The highest BCUT2D eigenvalue weighted by atomic mass is 16.6. The fourth-order valence-corrected chi connectivity index (χ4v) is 2.93. The third-order valence-corrected chi connectivity index (χ3v) is 4.48. The molecule has 0 bridgehead atoms. The van der Waals surface area contributed by atoms with Gasteiger partial charge in [0.15, 0.2) is 0 Å². The molecule has 12 nitrogen and oxygen atoms in total. The number of nitrogens with zero attached hydrogens (tertiary/aromatic N) is 6. The molecule has 33 heavy (non-hydrogen) atoms. The quantitative estimate of drug-likeness (QED) is 0.294. The maximum Gasteiger partial charge on any atom is 0.272 e. The van der Waals surface area contributed by atoms with E-state index in [2.05, 4.69) is 15.5 Å². The second-order valence-corrected chi connectivity index (χ2v) is 6.83. The fourth-order valence-electron chi connectivity index (χ4n) is 2.93. The Labute approximate surface area is 189 Å². The SMILES string of the molecule is CCN(C[C@H](O)CO)c1ccc(N=Nc2c(C#N)cc([N+](=O)[O-])cc2C#N)c(NC(C)=O)c1. The highest BCUT2D eigenvalue weighted by Crippen LogP contribution is 2.34. The molecule has 0 spiro atoms. The number of aliphatic hydroxyl groups is 2. The number of nitrogens with one attached hydrogen (secondary N) is 1. The van der Waals surface area contributed by atoms with Gasteiger partial charge in [-0.15, -0.1) is 10.2 Å². The van der Waals surface area contributed by atoms with Crippen LogP contribution in [0.2, 0.25) is 0 Å². The van der Waals surface area contributed by atoms with E-state index in [-0.39, 0.29) is 40.6 Å². The standard InChI is InChI=1S/C21H21N7O5/c1-3-27(11-18(31)12-29)16-4-5-19(20(8-16)24-13(2)30)25-26-21-14(9-22)6-17(28(32)33)7-15(21)10-23/h4-8,18,29,31H,3,11-12H2,1-2H3,(H,24,30)/t18-/m0/s1. The van der Waals surface area contributed by atoms with E-state index in [0.29, 0.717) is 12.2 Å². The van der Waals surface area contributed by atoms with Crippen molar-refractivity contribution in [1.29, 1.82) is 10.5 Å². The maximum atomic E-state index is 11.7. The molecule has 0 heterocycles. The van der Waals surface area contributed by atoms with E-state index in [0.717, 1.165) is 12.1 Å². The molecule has 0 saturated heterocycles. The molecule has 0 aromatic heterocycles. The van der Waals surface area contributed by atoms with E-state index >= 15 is 0 Å². The lowest BCUT2D eigenvalue weighted by Crippen LogP contribution is -2.34. The maximum absolute atomic E-state index is 11.7. The van der Waals surface area contributed by atoms with Gasteiger partial charge >= 0.3 is 0 Å². The number of hydrogen-bond acceptors (Lipinski definition) is 10. The highest BCUT2D eigenvalue weighted by Gasteiger charge is 2.18. The minimum absolute atomic E-state index is 0.135. The Hall–Kier alpha value is -4.39. The van der Waals surface area contributed by atoms with Crippen molar-refractivity contribution in [2.75, 3.05) is 29.9 Å². The summed E-state index contributed by atoms with van der Waals surface area (Å²) in [5, 5.41) is 59.2. The first-order chi connectivity index (χ1) is 15.7. The lowest BCUT2D eigenvalue weighted by atomic mass is 10.1.